The number of anilines is 1. The van der Waals surface area contributed by atoms with Gasteiger partial charge in [0.05, 0.1) is 5.56 Å². The lowest BCUT2D eigenvalue weighted by Gasteiger charge is -2.38. The fourth-order valence-corrected chi connectivity index (χ4v) is 5.00. The van der Waals surface area contributed by atoms with Crippen molar-refractivity contribution < 1.29 is 13.2 Å². The molecule has 0 bridgehead atoms. The summed E-state index contributed by atoms with van der Waals surface area (Å²) < 4.78 is 38.0. The van der Waals surface area contributed by atoms with Crippen molar-refractivity contribution >= 4 is 5.69 Å². The fraction of sp³-hybridized carbons (Fsp3) is 0.586. The molecule has 3 nitrogen and oxygen atoms in total. The number of benzene rings is 2. The highest BCUT2D eigenvalue weighted by Gasteiger charge is 2.31. The van der Waals surface area contributed by atoms with Gasteiger partial charge in [-0.2, -0.15) is 13.2 Å². The highest BCUT2D eigenvalue weighted by molar-refractivity contribution is 5.49. The highest BCUT2D eigenvalue weighted by Crippen LogP contribution is 2.32. The van der Waals surface area contributed by atoms with Gasteiger partial charge in [-0.05, 0) is 89.7 Å². The average Bonchev–Trinajstić information content (AvgIpc) is 2.85. The molecule has 4 rings (SSSR count). The Kier molecular flexibility index (Phi) is 10.0. The first kappa shape index (κ1) is 27.5. The Labute approximate surface area is 209 Å². The van der Waals surface area contributed by atoms with Crippen LogP contribution < -0.4 is 4.90 Å². The van der Waals surface area contributed by atoms with Gasteiger partial charge in [0.2, 0.25) is 0 Å². The topological polar surface area (TPSA) is 9.72 Å². The van der Waals surface area contributed by atoms with Crippen LogP contribution in [0.4, 0.5) is 18.9 Å². The van der Waals surface area contributed by atoms with E-state index in [-0.39, 0.29) is 0 Å². The first-order valence-electron chi connectivity index (χ1n) is 13.1. The predicted molar refractivity (Wildman–Crippen MR) is 140 cm³/mol. The number of rotatable bonds is 5. The van der Waals surface area contributed by atoms with Crippen LogP contribution >= 0.6 is 0 Å². The van der Waals surface area contributed by atoms with Crippen molar-refractivity contribution in [3.8, 4) is 0 Å². The summed E-state index contributed by atoms with van der Waals surface area (Å²) >= 11 is 0. The zero-order chi connectivity index (χ0) is 25.4. The van der Waals surface area contributed by atoms with E-state index in [1.807, 2.05) is 4.90 Å². The second kappa shape index (κ2) is 12.8. The molecule has 0 unspecified atom stereocenters. The molecule has 0 aromatic heterocycles. The van der Waals surface area contributed by atoms with Gasteiger partial charge < -0.3 is 9.80 Å². The quantitative estimate of drug-likeness (QED) is 0.469. The monoisotopic (exact) mass is 489 g/mol. The molecular weight excluding hydrogens is 447 g/mol. The third-order valence-corrected chi connectivity index (χ3v) is 7.33. The number of hydrogen-bond acceptors (Lipinski definition) is 3. The van der Waals surface area contributed by atoms with E-state index in [2.05, 4.69) is 67.8 Å². The van der Waals surface area contributed by atoms with Gasteiger partial charge in [0, 0.05) is 44.0 Å². The summed E-state index contributed by atoms with van der Waals surface area (Å²) in [7, 11) is 0. The van der Waals surface area contributed by atoms with Crippen LogP contribution in [0.25, 0.3) is 0 Å². The fourth-order valence-electron chi connectivity index (χ4n) is 5.00. The van der Waals surface area contributed by atoms with E-state index < -0.39 is 11.7 Å². The summed E-state index contributed by atoms with van der Waals surface area (Å²) in [6, 6.07) is 17.7. The molecule has 0 spiro atoms. The van der Waals surface area contributed by atoms with Gasteiger partial charge >= 0.3 is 6.18 Å². The summed E-state index contributed by atoms with van der Waals surface area (Å²) in [5.74, 6) is 0.900. The van der Waals surface area contributed by atoms with Crippen molar-refractivity contribution in [3.05, 3.63) is 65.7 Å². The van der Waals surface area contributed by atoms with Gasteiger partial charge in [-0.3, -0.25) is 4.90 Å². The second-order valence-corrected chi connectivity index (χ2v) is 10.4. The van der Waals surface area contributed by atoms with Crippen LogP contribution in [0.3, 0.4) is 0 Å². The van der Waals surface area contributed by atoms with Crippen LogP contribution in [0.1, 0.15) is 51.7 Å². The van der Waals surface area contributed by atoms with Crippen LogP contribution in [0.15, 0.2) is 54.6 Å². The van der Waals surface area contributed by atoms with Gasteiger partial charge in [0.25, 0.3) is 0 Å². The number of hydrogen-bond donors (Lipinski definition) is 0. The molecule has 0 saturated carbocycles. The summed E-state index contributed by atoms with van der Waals surface area (Å²) in [6.45, 7) is 14.8. The Morgan fingerprint density at radius 1 is 0.743 bits per heavy atom. The minimum absolute atomic E-state index is 0.489. The number of likely N-dealkylation sites (tertiary alicyclic amines) is 1. The van der Waals surface area contributed by atoms with Crippen molar-refractivity contribution in [2.24, 2.45) is 5.92 Å². The summed E-state index contributed by atoms with van der Waals surface area (Å²) in [5, 5.41) is 0. The van der Waals surface area contributed by atoms with E-state index in [1.165, 1.54) is 50.0 Å². The molecule has 2 fully saturated rings. The zero-order valence-corrected chi connectivity index (χ0v) is 21.8. The molecule has 2 aromatic carbocycles. The van der Waals surface area contributed by atoms with Crippen molar-refractivity contribution in [2.75, 3.05) is 44.2 Å². The molecular formula is C29H42F3N3. The Morgan fingerprint density at radius 2 is 1.31 bits per heavy atom. The molecule has 2 aromatic rings. The zero-order valence-electron chi connectivity index (χ0n) is 21.8. The van der Waals surface area contributed by atoms with Crippen molar-refractivity contribution in [2.45, 2.75) is 65.2 Å². The van der Waals surface area contributed by atoms with Crippen LogP contribution in [0, 0.1) is 5.92 Å². The summed E-state index contributed by atoms with van der Waals surface area (Å²) in [6.07, 6.45) is -0.261. The number of nitrogens with zero attached hydrogens (tertiary/aromatic N) is 3. The van der Waals surface area contributed by atoms with Gasteiger partial charge in [-0.15, -0.1) is 0 Å². The smallest absolute Gasteiger partial charge is 0.369 e. The van der Waals surface area contributed by atoms with Crippen LogP contribution in [-0.4, -0.2) is 61.2 Å². The summed E-state index contributed by atoms with van der Waals surface area (Å²) in [5.41, 5.74) is 1.60. The maximum Gasteiger partial charge on any atom is 0.416 e. The molecule has 0 radical (unpaired) electrons. The third-order valence-electron chi connectivity index (χ3n) is 7.33. The predicted octanol–water partition coefficient (Wildman–Crippen LogP) is 6.59. The molecule has 2 heterocycles. The first-order valence-corrected chi connectivity index (χ1v) is 13.1. The van der Waals surface area contributed by atoms with Crippen LogP contribution in [0.2, 0.25) is 0 Å². The standard InChI is InChI=1S/C15H23N.C14H19F3N2/c1-13(2)16-10-8-15(9-11-16)12-14-6-4-3-5-7-14;1-11(2)18-6-8-19(9-7-18)13-5-3-4-12(10-13)14(15,16)17/h3-7,13,15H,8-12H2,1-2H3;3-5,10-11H,6-9H2,1-2H3. The molecule has 0 aliphatic carbocycles. The Bertz CT molecular complexity index is 866. The van der Waals surface area contributed by atoms with Gasteiger partial charge in [0.1, 0.15) is 0 Å². The van der Waals surface area contributed by atoms with Gasteiger partial charge in [0.15, 0.2) is 0 Å². The molecule has 0 amide bonds. The van der Waals surface area contributed by atoms with E-state index in [9.17, 15) is 13.2 Å². The first-order chi connectivity index (χ1) is 16.6. The Hall–Kier alpha value is -2.05. The van der Waals surface area contributed by atoms with Crippen molar-refractivity contribution in [1.82, 2.24) is 9.80 Å². The number of halogens is 3. The molecule has 2 saturated heterocycles. The van der Waals surface area contributed by atoms with Crippen molar-refractivity contribution in [3.63, 3.8) is 0 Å². The third kappa shape index (κ3) is 8.53. The highest BCUT2D eigenvalue weighted by atomic mass is 19.4. The van der Waals surface area contributed by atoms with E-state index in [0.29, 0.717) is 11.7 Å². The molecule has 194 valence electrons. The summed E-state index contributed by atoms with van der Waals surface area (Å²) in [4.78, 5) is 6.96. The molecule has 0 N–H and O–H groups in total. The minimum atomic E-state index is -4.27. The van der Waals surface area contributed by atoms with Gasteiger partial charge in [-0.25, -0.2) is 0 Å². The SMILES string of the molecule is CC(C)N1CCC(Cc2ccccc2)CC1.CC(C)N1CCN(c2cccc(C(F)(F)F)c2)CC1. The van der Waals surface area contributed by atoms with E-state index in [1.54, 1.807) is 6.07 Å². The molecule has 2 aliphatic heterocycles. The van der Waals surface area contributed by atoms with Crippen LogP contribution in [0.5, 0.6) is 0 Å². The number of piperazine rings is 1. The number of alkyl halides is 3. The molecule has 35 heavy (non-hydrogen) atoms. The minimum Gasteiger partial charge on any atom is -0.369 e. The van der Waals surface area contributed by atoms with E-state index in [4.69, 9.17) is 0 Å². The largest absolute Gasteiger partial charge is 0.416 e. The molecule has 2 aliphatic rings. The Balaban J connectivity index is 0.000000198. The van der Waals surface area contributed by atoms with Crippen LogP contribution in [-0.2, 0) is 12.6 Å². The van der Waals surface area contributed by atoms with Gasteiger partial charge in [-0.1, -0.05) is 36.4 Å². The normalized spacial score (nSPS) is 18.6. The molecule has 0 atom stereocenters. The second-order valence-electron chi connectivity index (χ2n) is 10.4. The lowest BCUT2D eigenvalue weighted by molar-refractivity contribution is -0.137. The Morgan fingerprint density at radius 3 is 1.86 bits per heavy atom. The lowest BCUT2D eigenvalue weighted by Crippen LogP contribution is -2.48. The van der Waals surface area contributed by atoms with E-state index in [0.717, 1.165) is 44.2 Å². The average molecular weight is 490 g/mol. The maximum atomic E-state index is 12.7. The lowest BCUT2D eigenvalue weighted by atomic mass is 9.90. The van der Waals surface area contributed by atoms with E-state index >= 15 is 0 Å². The molecule has 6 heteroatoms. The van der Waals surface area contributed by atoms with Crippen molar-refractivity contribution in [1.29, 1.82) is 0 Å². The number of piperidine rings is 1. The maximum absolute atomic E-state index is 12.7.